The number of hydroxylamine groups is 4. The van der Waals surface area contributed by atoms with Crippen molar-refractivity contribution in [2.45, 2.75) is 12.5 Å². The SMILES string of the molecule is [O-]N1ON([O-])C2C=CCC=C21. The van der Waals surface area contributed by atoms with Gasteiger partial charge in [-0.3, -0.25) is 0 Å². The molecule has 1 aliphatic carbocycles. The average Bonchev–Trinajstić information content (AvgIpc) is 2.30. The van der Waals surface area contributed by atoms with E-state index in [9.17, 15) is 10.4 Å². The van der Waals surface area contributed by atoms with Crippen LogP contribution in [-0.2, 0) is 4.94 Å². The molecule has 0 aromatic carbocycles. The van der Waals surface area contributed by atoms with Crippen LogP contribution in [0.15, 0.2) is 23.9 Å². The largest absolute Gasteiger partial charge is 0.759 e. The van der Waals surface area contributed by atoms with Gasteiger partial charge >= 0.3 is 0 Å². The number of fused-ring (bicyclic) bond motifs is 1. The number of nitrogens with zero attached hydrogens (tertiary/aromatic N) is 2. The van der Waals surface area contributed by atoms with Crippen molar-refractivity contribution in [1.29, 1.82) is 0 Å². The normalized spacial score (nSPS) is 30.5. The molecule has 0 N–H and O–H groups in total. The third kappa shape index (κ3) is 0.945. The fourth-order valence-corrected chi connectivity index (χ4v) is 1.15. The van der Waals surface area contributed by atoms with E-state index in [0.717, 1.165) is 0 Å². The highest BCUT2D eigenvalue weighted by Crippen LogP contribution is 2.27. The van der Waals surface area contributed by atoms with Crippen LogP contribution < -0.4 is 0 Å². The fraction of sp³-hybridized carbons (Fsp3) is 0.333. The summed E-state index contributed by atoms with van der Waals surface area (Å²) in [6, 6.07) is -0.541. The Morgan fingerprint density at radius 2 is 2.36 bits per heavy atom. The van der Waals surface area contributed by atoms with Gasteiger partial charge in [0, 0.05) is 5.70 Å². The molecule has 1 aliphatic heterocycles. The van der Waals surface area contributed by atoms with Crippen LogP contribution in [0.2, 0.25) is 0 Å². The molecule has 0 bridgehead atoms. The van der Waals surface area contributed by atoms with Crippen molar-refractivity contribution in [2.75, 3.05) is 0 Å². The van der Waals surface area contributed by atoms with Crippen LogP contribution in [0.1, 0.15) is 6.42 Å². The van der Waals surface area contributed by atoms with Crippen molar-refractivity contribution in [2.24, 2.45) is 0 Å². The molecule has 0 aromatic heterocycles. The average molecular weight is 154 g/mol. The summed E-state index contributed by atoms with van der Waals surface area (Å²) < 4.78 is 0. The maximum atomic E-state index is 10.8. The molecule has 2 aliphatic rings. The molecule has 2 rings (SSSR count). The second kappa shape index (κ2) is 2.31. The number of rotatable bonds is 0. The lowest BCUT2D eigenvalue weighted by molar-refractivity contribution is -0.220. The second-order valence-corrected chi connectivity index (χ2v) is 2.36. The first-order valence-corrected chi connectivity index (χ1v) is 3.27. The molecular formula is C6H6N2O3-2. The van der Waals surface area contributed by atoms with E-state index in [1.807, 2.05) is 6.08 Å². The van der Waals surface area contributed by atoms with Crippen LogP contribution in [0, 0.1) is 10.4 Å². The van der Waals surface area contributed by atoms with Gasteiger partial charge in [-0.1, -0.05) is 18.2 Å². The topological polar surface area (TPSA) is 61.8 Å². The first kappa shape index (κ1) is 6.81. The van der Waals surface area contributed by atoms with Crippen molar-refractivity contribution in [3.8, 4) is 0 Å². The molecule has 1 saturated heterocycles. The molecule has 1 atom stereocenters. The highest BCUT2D eigenvalue weighted by Gasteiger charge is 2.25. The predicted molar refractivity (Wildman–Crippen MR) is 37.1 cm³/mol. The van der Waals surface area contributed by atoms with Gasteiger partial charge in [0.15, 0.2) is 0 Å². The smallest absolute Gasteiger partial charge is 0.0833 e. The van der Waals surface area contributed by atoms with Gasteiger partial charge in [-0.15, -0.1) is 0 Å². The Labute approximate surface area is 63.2 Å². The van der Waals surface area contributed by atoms with Crippen LogP contribution in [0.4, 0.5) is 0 Å². The molecule has 0 spiro atoms. The van der Waals surface area contributed by atoms with Gasteiger partial charge in [0.1, 0.15) is 0 Å². The first-order valence-electron chi connectivity index (χ1n) is 3.27. The van der Waals surface area contributed by atoms with Crippen LogP contribution in [-0.4, -0.2) is 16.5 Å². The van der Waals surface area contributed by atoms with Gasteiger partial charge in [-0.2, -0.15) is 0 Å². The van der Waals surface area contributed by atoms with Gasteiger partial charge in [0.05, 0.1) is 6.04 Å². The Balaban J connectivity index is 2.27. The predicted octanol–water partition coefficient (Wildman–Crippen LogP) is 0.659. The van der Waals surface area contributed by atoms with Crippen molar-refractivity contribution in [3.63, 3.8) is 0 Å². The minimum Gasteiger partial charge on any atom is -0.759 e. The molecule has 11 heavy (non-hydrogen) atoms. The maximum absolute atomic E-state index is 10.8. The third-order valence-electron chi connectivity index (χ3n) is 1.68. The van der Waals surface area contributed by atoms with Gasteiger partial charge < -0.3 is 15.6 Å². The van der Waals surface area contributed by atoms with E-state index >= 15 is 0 Å². The molecular weight excluding hydrogens is 148 g/mol. The summed E-state index contributed by atoms with van der Waals surface area (Å²) in [4.78, 5) is 4.24. The highest BCUT2D eigenvalue weighted by molar-refractivity contribution is 5.24. The molecule has 1 unspecified atom stereocenters. The zero-order chi connectivity index (χ0) is 7.84. The molecule has 1 fully saturated rings. The van der Waals surface area contributed by atoms with Crippen LogP contribution >= 0.6 is 0 Å². The number of hydrogen-bond donors (Lipinski definition) is 0. The summed E-state index contributed by atoms with van der Waals surface area (Å²) in [5, 5.41) is 22.1. The standard InChI is InChI=1S/C6H6N2O3/c9-7-5-3-1-2-4-6(5)8(10)11-7/h1,3-5H,2H2/q-2. The third-order valence-corrected chi connectivity index (χ3v) is 1.68. The molecule has 0 saturated carbocycles. The Morgan fingerprint density at radius 1 is 1.55 bits per heavy atom. The lowest BCUT2D eigenvalue weighted by atomic mass is 10.1. The zero-order valence-electron chi connectivity index (χ0n) is 5.64. The number of hydrogen-bond acceptors (Lipinski definition) is 5. The van der Waals surface area contributed by atoms with E-state index in [0.29, 0.717) is 12.1 Å². The second-order valence-electron chi connectivity index (χ2n) is 2.36. The van der Waals surface area contributed by atoms with Gasteiger partial charge in [0.25, 0.3) is 0 Å². The van der Waals surface area contributed by atoms with E-state index in [1.165, 1.54) is 0 Å². The first-order chi connectivity index (χ1) is 5.29. The summed E-state index contributed by atoms with van der Waals surface area (Å²) in [6.45, 7) is 0. The minimum atomic E-state index is -0.541. The molecule has 0 radical (unpaired) electrons. The summed E-state index contributed by atoms with van der Waals surface area (Å²) >= 11 is 0. The van der Waals surface area contributed by atoms with E-state index in [4.69, 9.17) is 0 Å². The molecule has 5 heteroatoms. The molecule has 1 heterocycles. The van der Waals surface area contributed by atoms with Crippen molar-refractivity contribution >= 4 is 0 Å². The van der Waals surface area contributed by atoms with E-state index in [2.05, 4.69) is 4.94 Å². The van der Waals surface area contributed by atoms with Gasteiger partial charge in [0.2, 0.25) is 0 Å². The molecule has 0 amide bonds. The Morgan fingerprint density at radius 3 is 3.09 bits per heavy atom. The van der Waals surface area contributed by atoms with Crippen molar-refractivity contribution in [1.82, 2.24) is 10.5 Å². The molecule has 60 valence electrons. The van der Waals surface area contributed by atoms with Crippen LogP contribution in [0.5, 0.6) is 0 Å². The number of allylic oxidation sites excluding steroid dienone is 2. The quantitative estimate of drug-likeness (QED) is 0.479. The summed E-state index contributed by atoms with van der Waals surface area (Å²) in [5.74, 6) is 0. The highest BCUT2D eigenvalue weighted by atomic mass is 17.1. The fourth-order valence-electron chi connectivity index (χ4n) is 1.15. The van der Waals surface area contributed by atoms with E-state index < -0.39 is 6.04 Å². The summed E-state index contributed by atoms with van der Waals surface area (Å²) in [7, 11) is 0. The minimum absolute atomic E-state index is 0.251. The Bertz CT molecular complexity index is 226. The summed E-state index contributed by atoms with van der Waals surface area (Å²) in [5.41, 5.74) is 0.377. The Kier molecular flexibility index (Phi) is 1.43. The Hall–Kier alpha value is -0.880. The van der Waals surface area contributed by atoms with Crippen molar-refractivity contribution in [3.05, 3.63) is 34.3 Å². The monoisotopic (exact) mass is 154 g/mol. The lowest BCUT2D eigenvalue weighted by Crippen LogP contribution is -2.21. The molecule has 5 nitrogen and oxygen atoms in total. The van der Waals surface area contributed by atoms with E-state index in [1.54, 1.807) is 12.2 Å². The molecule has 0 aromatic rings. The van der Waals surface area contributed by atoms with Crippen molar-refractivity contribution < 1.29 is 4.94 Å². The lowest BCUT2D eigenvalue weighted by Gasteiger charge is -2.25. The summed E-state index contributed by atoms with van der Waals surface area (Å²) in [6.07, 6.45) is 5.83. The van der Waals surface area contributed by atoms with Crippen LogP contribution in [0.3, 0.4) is 0 Å². The van der Waals surface area contributed by atoms with Gasteiger partial charge in [-0.25, -0.2) is 10.2 Å². The maximum Gasteiger partial charge on any atom is 0.0833 e. The van der Waals surface area contributed by atoms with Gasteiger partial charge in [-0.05, 0) is 6.42 Å². The van der Waals surface area contributed by atoms with E-state index in [-0.39, 0.29) is 10.5 Å². The van der Waals surface area contributed by atoms with Crippen LogP contribution in [0.25, 0.3) is 0 Å². The zero-order valence-corrected chi connectivity index (χ0v) is 5.64.